The van der Waals surface area contributed by atoms with Crippen molar-refractivity contribution in [3.63, 3.8) is 0 Å². The molecule has 0 spiro atoms. The zero-order valence-corrected chi connectivity index (χ0v) is 15.0. The fraction of sp³-hybridized carbons (Fsp3) is 0.333. The number of amides is 3. The van der Waals surface area contributed by atoms with Gasteiger partial charge in [-0.3, -0.25) is 4.79 Å². The van der Waals surface area contributed by atoms with Gasteiger partial charge in [0.15, 0.2) is 0 Å². The van der Waals surface area contributed by atoms with Crippen LogP contribution in [0.1, 0.15) is 36.9 Å². The Morgan fingerprint density at radius 1 is 1.04 bits per heavy atom. The Kier molecular flexibility index (Phi) is 5.89. The molecular formula is C21H25N3O2. The molecule has 5 nitrogen and oxygen atoms in total. The van der Waals surface area contributed by atoms with Crippen LogP contribution in [-0.2, 0) is 11.2 Å². The second-order valence-electron chi connectivity index (χ2n) is 6.61. The van der Waals surface area contributed by atoms with Gasteiger partial charge in [0.2, 0.25) is 5.91 Å². The highest BCUT2D eigenvalue weighted by Gasteiger charge is 2.33. The van der Waals surface area contributed by atoms with Crippen molar-refractivity contribution in [3.8, 4) is 0 Å². The molecular weight excluding hydrogens is 326 g/mol. The van der Waals surface area contributed by atoms with E-state index in [0.29, 0.717) is 5.92 Å². The number of rotatable bonds is 7. The lowest BCUT2D eigenvalue weighted by molar-refractivity contribution is -0.115. The summed E-state index contributed by atoms with van der Waals surface area (Å²) in [6.07, 6.45) is 3.08. The number of carbonyl (C=O) groups excluding carboxylic acids is 2. The summed E-state index contributed by atoms with van der Waals surface area (Å²) in [6.45, 7) is 1.98. The lowest BCUT2D eigenvalue weighted by atomic mass is 10.0. The predicted molar refractivity (Wildman–Crippen MR) is 103 cm³/mol. The fourth-order valence-electron chi connectivity index (χ4n) is 3.06. The number of carbonyl (C=O) groups is 2. The van der Waals surface area contributed by atoms with Crippen LogP contribution < -0.4 is 16.0 Å². The maximum Gasteiger partial charge on any atom is 0.315 e. The van der Waals surface area contributed by atoms with E-state index in [1.807, 2.05) is 61.5 Å². The van der Waals surface area contributed by atoms with Gasteiger partial charge in [-0.2, -0.15) is 0 Å². The van der Waals surface area contributed by atoms with E-state index < -0.39 is 0 Å². The van der Waals surface area contributed by atoms with Crippen LogP contribution in [0.3, 0.4) is 0 Å². The monoisotopic (exact) mass is 351 g/mol. The molecule has 1 aliphatic rings. The smallest absolute Gasteiger partial charge is 0.315 e. The van der Waals surface area contributed by atoms with Gasteiger partial charge in [-0.15, -0.1) is 0 Å². The molecule has 0 heterocycles. The molecule has 5 heteroatoms. The summed E-state index contributed by atoms with van der Waals surface area (Å²) in [5.41, 5.74) is 2.97. The first kappa shape index (κ1) is 18.0. The highest BCUT2D eigenvalue weighted by atomic mass is 16.2. The molecule has 3 amide bonds. The van der Waals surface area contributed by atoms with Crippen molar-refractivity contribution >= 4 is 17.6 Å². The summed E-state index contributed by atoms with van der Waals surface area (Å²) >= 11 is 0. The van der Waals surface area contributed by atoms with E-state index in [9.17, 15) is 9.59 Å². The van der Waals surface area contributed by atoms with Gasteiger partial charge >= 0.3 is 6.03 Å². The Bertz CT molecular complexity index is 757. The second kappa shape index (κ2) is 8.52. The largest absolute Gasteiger partial charge is 0.331 e. The van der Waals surface area contributed by atoms with Gasteiger partial charge < -0.3 is 16.0 Å². The molecule has 1 aliphatic carbocycles. The molecule has 3 N–H and O–H groups in total. The van der Waals surface area contributed by atoms with E-state index in [2.05, 4.69) is 16.0 Å². The first-order chi connectivity index (χ1) is 12.7. The number of hydrogen-bond acceptors (Lipinski definition) is 2. The van der Waals surface area contributed by atoms with Crippen molar-refractivity contribution in [3.05, 3.63) is 65.7 Å². The second-order valence-corrected chi connectivity index (χ2v) is 6.61. The van der Waals surface area contributed by atoms with E-state index in [0.717, 1.165) is 36.1 Å². The van der Waals surface area contributed by atoms with Crippen LogP contribution in [-0.4, -0.2) is 18.5 Å². The molecule has 0 aliphatic heterocycles. The molecule has 1 atom stereocenters. The molecule has 2 aromatic carbocycles. The van der Waals surface area contributed by atoms with E-state index >= 15 is 0 Å². The minimum Gasteiger partial charge on any atom is -0.331 e. The summed E-state index contributed by atoms with van der Waals surface area (Å²) in [7, 11) is 0. The highest BCUT2D eigenvalue weighted by molar-refractivity contribution is 5.94. The maximum absolute atomic E-state index is 12.2. The van der Waals surface area contributed by atoms with Crippen LogP contribution in [0.2, 0.25) is 0 Å². The van der Waals surface area contributed by atoms with Crippen LogP contribution >= 0.6 is 0 Å². The zero-order valence-electron chi connectivity index (χ0n) is 15.0. The van der Waals surface area contributed by atoms with Gasteiger partial charge in [0.05, 0.1) is 12.6 Å². The van der Waals surface area contributed by atoms with Crippen molar-refractivity contribution < 1.29 is 9.59 Å². The van der Waals surface area contributed by atoms with Gasteiger partial charge in [0, 0.05) is 5.69 Å². The molecule has 136 valence electrons. The maximum atomic E-state index is 12.2. The van der Waals surface area contributed by atoms with Crippen LogP contribution in [0.25, 0.3) is 0 Å². The quantitative estimate of drug-likeness (QED) is 0.713. The van der Waals surface area contributed by atoms with Gasteiger partial charge in [-0.1, -0.05) is 55.5 Å². The van der Waals surface area contributed by atoms with Crippen molar-refractivity contribution in [1.29, 1.82) is 0 Å². The fourth-order valence-corrected chi connectivity index (χ4v) is 3.06. The third kappa shape index (κ3) is 4.85. The molecule has 0 bridgehead atoms. The third-order valence-corrected chi connectivity index (χ3v) is 4.62. The number of anilines is 1. The lowest BCUT2D eigenvalue weighted by Gasteiger charge is -2.19. The number of hydrogen-bond donors (Lipinski definition) is 3. The number of para-hydroxylation sites is 1. The summed E-state index contributed by atoms with van der Waals surface area (Å²) in [6, 6.07) is 17.3. The summed E-state index contributed by atoms with van der Waals surface area (Å²) in [5, 5.41) is 8.52. The minimum absolute atomic E-state index is 0.0000728. The van der Waals surface area contributed by atoms with Gasteiger partial charge in [0.25, 0.3) is 0 Å². The Morgan fingerprint density at radius 2 is 1.73 bits per heavy atom. The van der Waals surface area contributed by atoms with Crippen LogP contribution in [0, 0.1) is 5.92 Å². The molecule has 0 radical (unpaired) electrons. The van der Waals surface area contributed by atoms with E-state index in [1.54, 1.807) is 0 Å². The number of urea groups is 1. The molecule has 0 unspecified atom stereocenters. The van der Waals surface area contributed by atoms with Crippen molar-refractivity contribution in [2.75, 3.05) is 11.9 Å². The Morgan fingerprint density at radius 3 is 2.42 bits per heavy atom. The standard InChI is InChI=1S/C21H25N3O2/c1-2-15-8-6-7-11-18(15)23-19(25)14-22-21(26)24-20(17-12-13-17)16-9-4-3-5-10-16/h3-11,17,20H,2,12-14H2,1H3,(H,23,25)(H2,22,24,26)/t20-/m0/s1. The SMILES string of the molecule is CCc1ccccc1NC(=O)CNC(=O)N[C@@H](c1ccccc1)C1CC1. The van der Waals surface area contributed by atoms with E-state index in [4.69, 9.17) is 0 Å². The normalized spacial score (nSPS) is 14.3. The molecule has 26 heavy (non-hydrogen) atoms. The lowest BCUT2D eigenvalue weighted by Crippen LogP contribution is -2.42. The van der Waals surface area contributed by atoms with Crippen LogP contribution in [0.5, 0.6) is 0 Å². The Balaban J connectivity index is 1.51. The van der Waals surface area contributed by atoms with Crippen LogP contribution in [0.4, 0.5) is 10.5 Å². The zero-order chi connectivity index (χ0) is 18.4. The first-order valence-corrected chi connectivity index (χ1v) is 9.14. The summed E-state index contributed by atoms with van der Waals surface area (Å²) < 4.78 is 0. The average molecular weight is 351 g/mol. The third-order valence-electron chi connectivity index (χ3n) is 4.62. The number of nitrogens with one attached hydrogen (secondary N) is 3. The Hall–Kier alpha value is -2.82. The molecule has 2 aromatic rings. The molecule has 1 saturated carbocycles. The molecule has 1 fully saturated rings. The molecule has 0 saturated heterocycles. The average Bonchev–Trinajstić information content (AvgIpc) is 3.50. The van der Waals surface area contributed by atoms with Gasteiger partial charge in [-0.25, -0.2) is 4.79 Å². The predicted octanol–water partition coefficient (Wildman–Crippen LogP) is 3.64. The van der Waals surface area contributed by atoms with Crippen molar-refractivity contribution in [2.24, 2.45) is 5.92 Å². The van der Waals surface area contributed by atoms with Gasteiger partial charge in [0.1, 0.15) is 0 Å². The van der Waals surface area contributed by atoms with Crippen LogP contribution in [0.15, 0.2) is 54.6 Å². The van der Waals surface area contributed by atoms with E-state index in [1.165, 1.54) is 0 Å². The Labute approximate surface area is 154 Å². The minimum atomic E-state index is -0.315. The summed E-state index contributed by atoms with van der Waals surface area (Å²) in [5.74, 6) is 0.247. The van der Waals surface area contributed by atoms with E-state index in [-0.39, 0.29) is 24.5 Å². The number of benzene rings is 2. The highest BCUT2D eigenvalue weighted by Crippen LogP contribution is 2.40. The van der Waals surface area contributed by atoms with Crippen molar-refractivity contribution in [2.45, 2.75) is 32.2 Å². The molecule has 3 rings (SSSR count). The van der Waals surface area contributed by atoms with Gasteiger partial charge in [-0.05, 0) is 42.4 Å². The summed E-state index contributed by atoms with van der Waals surface area (Å²) in [4.78, 5) is 24.4. The molecule has 0 aromatic heterocycles. The first-order valence-electron chi connectivity index (χ1n) is 9.14. The topological polar surface area (TPSA) is 70.2 Å². The number of aryl methyl sites for hydroxylation is 1. The van der Waals surface area contributed by atoms with Crippen molar-refractivity contribution in [1.82, 2.24) is 10.6 Å².